The summed E-state index contributed by atoms with van der Waals surface area (Å²) in [5, 5.41) is 10.0. The van der Waals surface area contributed by atoms with Gasteiger partial charge in [0, 0.05) is 66.6 Å². The largest absolute Gasteiger partial charge is 0.508 e. The van der Waals surface area contributed by atoms with Gasteiger partial charge < -0.3 is 14.6 Å². The first-order valence-electron chi connectivity index (χ1n) is 18.9. The number of aromatic hydroxyl groups is 1. The van der Waals surface area contributed by atoms with Gasteiger partial charge in [0.2, 0.25) is 10.0 Å². The number of phenols is 1. The molecule has 284 valence electrons. The molecule has 0 aliphatic carbocycles. The number of benzene rings is 5. The topological polar surface area (TPSA) is 103 Å². The molecule has 10 heteroatoms. The highest BCUT2D eigenvalue weighted by Crippen LogP contribution is 2.37. The summed E-state index contributed by atoms with van der Waals surface area (Å²) in [6.45, 7) is 4.91. The molecule has 0 unspecified atom stereocenters. The van der Waals surface area contributed by atoms with Crippen LogP contribution in [0.2, 0.25) is 0 Å². The van der Waals surface area contributed by atoms with Crippen LogP contribution in [0.5, 0.6) is 5.75 Å². The second kappa shape index (κ2) is 14.9. The number of para-hydroxylation sites is 1. The Morgan fingerprint density at radius 2 is 1.39 bits per heavy atom. The summed E-state index contributed by atoms with van der Waals surface area (Å²) in [5.74, 6) is -0.398. The fraction of sp³-hybridized carbons (Fsp3) is 0.217. The van der Waals surface area contributed by atoms with E-state index in [9.17, 15) is 23.1 Å². The summed E-state index contributed by atoms with van der Waals surface area (Å²) >= 11 is 0. The maximum Gasteiger partial charge on any atom is 0.264 e. The second-order valence-corrected chi connectivity index (χ2v) is 16.8. The van der Waals surface area contributed by atoms with Gasteiger partial charge in [0.25, 0.3) is 11.8 Å². The number of hydrogen-bond acceptors (Lipinski definition) is 5. The first-order valence-corrected chi connectivity index (χ1v) is 20.5. The fourth-order valence-corrected chi connectivity index (χ4v) is 9.55. The smallest absolute Gasteiger partial charge is 0.264 e. The third kappa shape index (κ3) is 7.02. The molecule has 9 nitrogen and oxygen atoms in total. The number of fused-ring (bicyclic) bond motifs is 2. The number of sulfonamides is 1. The summed E-state index contributed by atoms with van der Waals surface area (Å²) in [6, 6.07) is 39.0. The van der Waals surface area contributed by atoms with Crippen LogP contribution < -0.4 is 4.90 Å². The number of rotatable bonds is 8. The molecule has 6 aromatic rings. The normalized spacial score (nSPS) is 15.6. The Morgan fingerprint density at radius 3 is 2.11 bits per heavy atom. The Kier molecular flexibility index (Phi) is 9.86. The van der Waals surface area contributed by atoms with Gasteiger partial charge in [-0.1, -0.05) is 72.8 Å². The lowest BCUT2D eigenvalue weighted by molar-refractivity contribution is 0.0658. The summed E-state index contributed by atoms with van der Waals surface area (Å²) in [5.41, 5.74) is 9.16. The zero-order valence-electron chi connectivity index (χ0n) is 31.7. The van der Waals surface area contributed by atoms with Gasteiger partial charge in [-0.05, 0) is 109 Å². The van der Waals surface area contributed by atoms with Crippen LogP contribution in [0.15, 0.2) is 127 Å². The van der Waals surface area contributed by atoms with Gasteiger partial charge in [0.1, 0.15) is 5.75 Å². The zero-order chi connectivity index (χ0) is 39.1. The highest BCUT2D eigenvalue weighted by Gasteiger charge is 2.34. The lowest BCUT2D eigenvalue weighted by Crippen LogP contribution is -2.43. The molecule has 0 spiro atoms. The van der Waals surface area contributed by atoms with Crippen LogP contribution in [-0.4, -0.2) is 51.7 Å². The van der Waals surface area contributed by atoms with Crippen LogP contribution in [0, 0.1) is 6.92 Å². The summed E-state index contributed by atoms with van der Waals surface area (Å²) in [4.78, 5) is 33.2. The molecule has 0 bridgehead atoms. The maximum atomic E-state index is 15.0. The van der Waals surface area contributed by atoms with E-state index < -0.39 is 10.0 Å². The molecule has 8 rings (SSSR count). The average Bonchev–Trinajstić information content (AvgIpc) is 3.50. The van der Waals surface area contributed by atoms with E-state index in [4.69, 9.17) is 0 Å². The van der Waals surface area contributed by atoms with Gasteiger partial charge in [-0.3, -0.25) is 14.5 Å². The highest BCUT2D eigenvalue weighted by atomic mass is 32.2. The van der Waals surface area contributed by atoms with Crippen LogP contribution in [0.1, 0.15) is 61.2 Å². The van der Waals surface area contributed by atoms with Gasteiger partial charge in [-0.2, -0.15) is 4.31 Å². The van der Waals surface area contributed by atoms with Gasteiger partial charge >= 0.3 is 0 Å². The van der Waals surface area contributed by atoms with Crippen molar-refractivity contribution < 1.29 is 23.1 Å². The zero-order valence-corrected chi connectivity index (χ0v) is 32.5. The van der Waals surface area contributed by atoms with E-state index in [1.54, 1.807) is 29.2 Å². The maximum absolute atomic E-state index is 15.0. The Hall–Kier alpha value is -5.97. The number of anilines is 2. The molecular formula is C46H44N4O5S. The SMILES string of the molecule is Cc1c(C(=O)N(c2ccccc2)c2ccc(O)cc2)cc(-c2cc3c(cc2C(=O)N2Cc4ccccc4C[C@H]2C)CN(S(=O)(=O)Cc2ccccc2)CC3)n1C. The number of carbonyl (C=O) groups excluding carboxylic acids is 2. The van der Waals surface area contributed by atoms with Gasteiger partial charge in [-0.15, -0.1) is 0 Å². The van der Waals surface area contributed by atoms with E-state index >= 15 is 0 Å². The molecule has 3 heterocycles. The average molecular weight is 765 g/mol. The Morgan fingerprint density at radius 1 is 0.750 bits per heavy atom. The van der Waals surface area contributed by atoms with Crippen molar-refractivity contribution in [3.8, 4) is 17.0 Å². The van der Waals surface area contributed by atoms with E-state index in [-0.39, 0.29) is 35.9 Å². The number of phenolic OH excluding ortho intramolecular Hbond substituents is 1. The monoisotopic (exact) mass is 764 g/mol. The first-order chi connectivity index (χ1) is 27.0. The molecule has 5 aromatic carbocycles. The predicted octanol–water partition coefficient (Wildman–Crippen LogP) is 8.16. The molecule has 0 fully saturated rings. The quantitative estimate of drug-likeness (QED) is 0.169. The number of carbonyl (C=O) groups is 2. The third-order valence-electron chi connectivity index (χ3n) is 11.3. The Bertz CT molecular complexity index is 2550. The summed E-state index contributed by atoms with van der Waals surface area (Å²) < 4.78 is 30.9. The molecule has 2 aliphatic rings. The van der Waals surface area contributed by atoms with E-state index in [1.807, 2.05) is 114 Å². The van der Waals surface area contributed by atoms with Crippen molar-refractivity contribution in [3.05, 3.63) is 172 Å². The van der Waals surface area contributed by atoms with Gasteiger partial charge in [0.05, 0.1) is 11.3 Å². The van der Waals surface area contributed by atoms with Crippen LogP contribution in [0.3, 0.4) is 0 Å². The third-order valence-corrected chi connectivity index (χ3v) is 13.1. The minimum absolute atomic E-state index is 0.0685. The fourth-order valence-electron chi connectivity index (χ4n) is 8.05. The number of hydrogen-bond donors (Lipinski definition) is 1. The molecule has 0 radical (unpaired) electrons. The first kappa shape index (κ1) is 37.0. The molecule has 1 aromatic heterocycles. The van der Waals surface area contributed by atoms with Crippen LogP contribution in [0.4, 0.5) is 11.4 Å². The van der Waals surface area contributed by atoms with Crippen LogP contribution in [0.25, 0.3) is 11.3 Å². The molecule has 0 saturated carbocycles. The minimum Gasteiger partial charge on any atom is -0.508 e. The molecular weight excluding hydrogens is 721 g/mol. The number of amides is 2. The Labute approximate surface area is 328 Å². The van der Waals surface area contributed by atoms with Crippen molar-refractivity contribution in [1.29, 1.82) is 0 Å². The molecule has 2 aliphatic heterocycles. The molecule has 1 atom stereocenters. The van der Waals surface area contributed by atoms with Crippen molar-refractivity contribution in [2.24, 2.45) is 7.05 Å². The van der Waals surface area contributed by atoms with Crippen molar-refractivity contribution in [2.75, 3.05) is 11.4 Å². The van der Waals surface area contributed by atoms with E-state index in [2.05, 4.69) is 19.1 Å². The van der Waals surface area contributed by atoms with E-state index in [1.165, 1.54) is 9.87 Å². The lowest BCUT2D eigenvalue weighted by atomic mass is 9.90. The van der Waals surface area contributed by atoms with Crippen LogP contribution in [-0.2, 0) is 48.8 Å². The van der Waals surface area contributed by atoms with E-state index in [0.717, 1.165) is 34.4 Å². The summed E-state index contributed by atoms with van der Waals surface area (Å²) in [7, 11) is -1.73. The minimum atomic E-state index is -3.63. The van der Waals surface area contributed by atoms with E-state index in [0.29, 0.717) is 53.3 Å². The van der Waals surface area contributed by atoms with Crippen molar-refractivity contribution in [1.82, 2.24) is 13.8 Å². The number of aromatic nitrogens is 1. The summed E-state index contributed by atoms with van der Waals surface area (Å²) in [6.07, 6.45) is 1.21. The second-order valence-electron chi connectivity index (χ2n) is 14.8. The van der Waals surface area contributed by atoms with Crippen molar-refractivity contribution >= 4 is 33.2 Å². The molecule has 0 saturated heterocycles. The highest BCUT2D eigenvalue weighted by molar-refractivity contribution is 7.88. The lowest BCUT2D eigenvalue weighted by Gasteiger charge is -2.36. The van der Waals surface area contributed by atoms with Crippen LogP contribution >= 0.6 is 0 Å². The molecule has 56 heavy (non-hydrogen) atoms. The molecule has 1 N–H and O–H groups in total. The van der Waals surface area contributed by atoms with Crippen molar-refractivity contribution in [3.63, 3.8) is 0 Å². The van der Waals surface area contributed by atoms with Gasteiger partial charge in [0.15, 0.2) is 0 Å². The van der Waals surface area contributed by atoms with Gasteiger partial charge in [-0.25, -0.2) is 8.42 Å². The number of nitrogens with zero attached hydrogens (tertiary/aromatic N) is 4. The molecule has 2 amide bonds. The van der Waals surface area contributed by atoms with Crippen molar-refractivity contribution in [2.45, 2.75) is 51.6 Å². The standard InChI is InChI=1S/C46H44N4O5S/c1-31-24-34-14-10-11-15-36(34)29-49(31)45(52)43-26-37-28-48(56(54,55)30-33-12-6-4-7-13-33)23-22-35(37)25-42(43)44-27-41(32(2)47(44)3)46(53)50(38-16-8-5-9-17-38)39-18-20-40(51)21-19-39/h4-21,25-27,31,51H,22-24,28-30H2,1-3H3/t31-/m1/s1. The Balaban J connectivity index is 1.22. The predicted molar refractivity (Wildman–Crippen MR) is 219 cm³/mol.